The number of carbonyl (C=O) groups is 1. The van der Waals surface area contributed by atoms with Crippen LogP contribution in [-0.4, -0.2) is 48.6 Å². The van der Waals surface area contributed by atoms with Gasteiger partial charge in [0.1, 0.15) is 11.3 Å². The predicted molar refractivity (Wildman–Crippen MR) is 115 cm³/mol. The Morgan fingerprint density at radius 1 is 1.13 bits per heavy atom. The number of aromatic nitrogens is 1. The standard InChI is InChI=1S/C23H25N3O4/c1-3-17-14-22(28)30-20-13-16(2)12-19(23(17)20)29-15-21(27)26-10-8-25(9-11-26)18-4-6-24-7-5-18/h4-7,12-14H,3,8-11,15H2,1-2H3. The lowest BCUT2D eigenvalue weighted by molar-refractivity contribution is -0.133. The highest BCUT2D eigenvalue weighted by Crippen LogP contribution is 2.30. The Labute approximate surface area is 174 Å². The second kappa shape index (κ2) is 8.57. The molecule has 0 aliphatic carbocycles. The van der Waals surface area contributed by atoms with Crippen LogP contribution in [0.15, 0.2) is 51.9 Å². The number of piperazine rings is 1. The number of aryl methyl sites for hydroxylation is 2. The van der Waals surface area contributed by atoms with E-state index in [1.165, 1.54) is 6.07 Å². The van der Waals surface area contributed by atoms with Crippen LogP contribution in [0, 0.1) is 6.92 Å². The minimum atomic E-state index is -0.376. The zero-order valence-corrected chi connectivity index (χ0v) is 17.3. The molecule has 0 radical (unpaired) electrons. The van der Waals surface area contributed by atoms with Crippen molar-refractivity contribution in [2.24, 2.45) is 0 Å². The van der Waals surface area contributed by atoms with Crippen molar-refractivity contribution in [3.63, 3.8) is 0 Å². The third kappa shape index (κ3) is 4.15. The van der Waals surface area contributed by atoms with Crippen LogP contribution in [0.4, 0.5) is 5.69 Å². The lowest BCUT2D eigenvalue weighted by Gasteiger charge is -2.36. The molecule has 4 rings (SSSR count). The molecule has 30 heavy (non-hydrogen) atoms. The normalized spacial score (nSPS) is 14.2. The third-order valence-corrected chi connectivity index (χ3v) is 5.43. The summed E-state index contributed by atoms with van der Waals surface area (Å²) >= 11 is 0. The van der Waals surface area contributed by atoms with E-state index in [9.17, 15) is 9.59 Å². The van der Waals surface area contributed by atoms with Gasteiger partial charge in [-0.2, -0.15) is 0 Å². The second-order valence-corrected chi connectivity index (χ2v) is 7.44. The molecule has 1 fully saturated rings. The van der Waals surface area contributed by atoms with Crippen molar-refractivity contribution in [3.8, 4) is 5.75 Å². The molecule has 0 saturated carbocycles. The topological polar surface area (TPSA) is 75.9 Å². The van der Waals surface area contributed by atoms with Gasteiger partial charge in [-0.15, -0.1) is 0 Å². The van der Waals surface area contributed by atoms with Crippen molar-refractivity contribution in [1.29, 1.82) is 0 Å². The first-order valence-corrected chi connectivity index (χ1v) is 10.2. The lowest BCUT2D eigenvalue weighted by atomic mass is 10.1. The fourth-order valence-corrected chi connectivity index (χ4v) is 3.86. The molecular formula is C23H25N3O4. The van der Waals surface area contributed by atoms with E-state index in [-0.39, 0.29) is 18.1 Å². The van der Waals surface area contributed by atoms with E-state index in [0.717, 1.165) is 35.3 Å². The molecule has 1 aromatic carbocycles. The van der Waals surface area contributed by atoms with Crippen molar-refractivity contribution in [2.45, 2.75) is 20.3 Å². The molecule has 156 valence electrons. The van der Waals surface area contributed by atoms with Gasteiger partial charge in [-0.05, 0) is 48.7 Å². The number of fused-ring (bicyclic) bond motifs is 1. The number of benzene rings is 1. The van der Waals surface area contributed by atoms with Gasteiger partial charge in [-0.25, -0.2) is 4.79 Å². The van der Waals surface area contributed by atoms with Crippen molar-refractivity contribution in [1.82, 2.24) is 9.88 Å². The van der Waals surface area contributed by atoms with Gasteiger partial charge in [0.05, 0.1) is 5.39 Å². The number of amides is 1. The first-order valence-electron chi connectivity index (χ1n) is 10.2. The van der Waals surface area contributed by atoms with E-state index >= 15 is 0 Å². The molecule has 0 spiro atoms. The van der Waals surface area contributed by atoms with Crippen molar-refractivity contribution >= 4 is 22.6 Å². The first kappa shape index (κ1) is 19.9. The van der Waals surface area contributed by atoms with Gasteiger partial charge in [0.15, 0.2) is 6.61 Å². The maximum atomic E-state index is 12.7. The maximum absolute atomic E-state index is 12.7. The quantitative estimate of drug-likeness (QED) is 0.606. The highest BCUT2D eigenvalue weighted by atomic mass is 16.5. The number of hydrogen-bond acceptors (Lipinski definition) is 6. The first-order chi connectivity index (χ1) is 14.5. The van der Waals surface area contributed by atoms with Crippen molar-refractivity contribution in [2.75, 3.05) is 37.7 Å². The van der Waals surface area contributed by atoms with E-state index in [1.54, 1.807) is 12.4 Å². The number of hydrogen-bond donors (Lipinski definition) is 0. The summed E-state index contributed by atoms with van der Waals surface area (Å²) in [6.45, 7) is 6.68. The number of rotatable bonds is 5. The zero-order valence-electron chi connectivity index (χ0n) is 17.3. The third-order valence-electron chi connectivity index (χ3n) is 5.43. The summed E-state index contributed by atoms with van der Waals surface area (Å²) in [5.41, 5.74) is 3.00. The van der Waals surface area contributed by atoms with Crippen LogP contribution in [0.25, 0.3) is 11.0 Å². The summed E-state index contributed by atoms with van der Waals surface area (Å²) < 4.78 is 11.3. The van der Waals surface area contributed by atoms with Crippen LogP contribution in [0.1, 0.15) is 18.1 Å². The highest BCUT2D eigenvalue weighted by Gasteiger charge is 2.22. The van der Waals surface area contributed by atoms with Crippen LogP contribution >= 0.6 is 0 Å². The van der Waals surface area contributed by atoms with Crippen LogP contribution in [0.3, 0.4) is 0 Å². The number of nitrogens with zero attached hydrogens (tertiary/aromatic N) is 3. The highest BCUT2D eigenvalue weighted by molar-refractivity contribution is 5.88. The second-order valence-electron chi connectivity index (χ2n) is 7.44. The number of pyridine rings is 1. The molecule has 3 aromatic rings. The van der Waals surface area contributed by atoms with Crippen LogP contribution in [0.2, 0.25) is 0 Å². The molecule has 0 atom stereocenters. The monoisotopic (exact) mass is 407 g/mol. The predicted octanol–water partition coefficient (Wildman–Crippen LogP) is 2.79. The van der Waals surface area contributed by atoms with E-state index < -0.39 is 0 Å². The molecule has 0 bridgehead atoms. The average Bonchev–Trinajstić information content (AvgIpc) is 2.77. The summed E-state index contributed by atoms with van der Waals surface area (Å²) in [6, 6.07) is 9.16. The smallest absolute Gasteiger partial charge is 0.336 e. The summed E-state index contributed by atoms with van der Waals surface area (Å²) in [4.78, 5) is 32.7. The summed E-state index contributed by atoms with van der Waals surface area (Å²) in [5, 5.41) is 0.762. The maximum Gasteiger partial charge on any atom is 0.336 e. The van der Waals surface area contributed by atoms with Crippen LogP contribution < -0.4 is 15.3 Å². The molecule has 1 aliphatic heterocycles. The van der Waals surface area contributed by atoms with E-state index in [2.05, 4.69) is 9.88 Å². The van der Waals surface area contributed by atoms with E-state index in [0.29, 0.717) is 30.8 Å². The van der Waals surface area contributed by atoms with Crippen LogP contribution in [-0.2, 0) is 11.2 Å². The Balaban J connectivity index is 1.44. The van der Waals surface area contributed by atoms with Gasteiger partial charge in [-0.3, -0.25) is 9.78 Å². The van der Waals surface area contributed by atoms with E-state index in [4.69, 9.17) is 9.15 Å². The fraction of sp³-hybridized carbons (Fsp3) is 0.348. The molecule has 2 aromatic heterocycles. The molecule has 0 N–H and O–H groups in total. The summed E-state index contributed by atoms with van der Waals surface area (Å²) in [7, 11) is 0. The minimum absolute atomic E-state index is 0.0455. The molecule has 1 saturated heterocycles. The molecule has 3 heterocycles. The molecule has 1 amide bonds. The number of carbonyl (C=O) groups excluding carboxylic acids is 1. The molecule has 0 unspecified atom stereocenters. The van der Waals surface area contributed by atoms with Gasteiger partial charge in [0.2, 0.25) is 0 Å². The van der Waals surface area contributed by atoms with E-state index in [1.807, 2.05) is 43.0 Å². The summed E-state index contributed by atoms with van der Waals surface area (Å²) in [6.07, 6.45) is 4.23. The number of ether oxygens (including phenoxy) is 1. The average molecular weight is 407 g/mol. The zero-order chi connectivity index (χ0) is 21.1. The summed E-state index contributed by atoms with van der Waals surface area (Å²) in [5.74, 6) is 0.531. The van der Waals surface area contributed by atoms with Gasteiger partial charge in [-0.1, -0.05) is 6.92 Å². The largest absolute Gasteiger partial charge is 0.483 e. The lowest BCUT2D eigenvalue weighted by Crippen LogP contribution is -2.50. The van der Waals surface area contributed by atoms with Gasteiger partial charge >= 0.3 is 5.63 Å². The molecule has 7 nitrogen and oxygen atoms in total. The number of anilines is 1. The Kier molecular flexibility index (Phi) is 5.70. The Morgan fingerprint density at radius 3 is 2.57 bits per heavy atom. The van der Waals surface area contributed by atoms with Gasteiger partial charge < -0.3 is 19.0 Å². The molecule has 7 heteroatoms. The van der Waals surface area contributed by atoms with Crippen molar-refractivity contribution < 1.29 is 13.9 Å². The minimum Gasteiger partial charge on any atom is -0.483 e. The Morgan fingerprint density at radius 2 is 1.87 bits per heavy atom. The van der Waals surface area contributed by atoms with Crippen molar-refractivity contribution in [3.05, 3.63) is 64.3 Å². The molecule has 1 aliphatic rings. The Bertz CT molecular complexity index is 1100. The fourth-order valence-electron chi connectivity index (χ4n) is 3.86. The van der Waals surface area contributed by atoms with Crippen LogP contribution in [0.5, 0.6) is 5.75 Å². The van der Waals surface area contributed by atoms with Gasteiger partial charge in [0, 0.05) is 50.3 Å². The SMILES string of the molecule is CCc1cc(=O)oc2cc(C)cc(OCC(=O)N3CCN(c4ccncc4)CC3)c12. The Hall–Kier alpha value is -3.35. The molecular weight excluding hydrogens is 382 g/mol. The van der Waals surface area contributed by atoms with Gasteiger partial charge in [0.25, 0.3) is 5.91 Å².